The SMILES string of the molecule is N/N=C/c1nc2ccccn2c1Br. The average molecular weight is 239 g/mol. The fourth-order valence-corrected chi connectivity index (χ4v) is 1.63. The zero-order valence-corrected chi connectivity index (χ0v) is 8.27. The van der Waals surface area contributed by atoms with Gasteiger partial charge in [0.15, 0.2) is 0 Å². The molecule has 66 valence electrons. The van der Waals surface area contributed by atoms with Crippen molar-refractivity contribution in [2.45, 2.75) is 0 Å². The molecule has 13 heavy (non-hydrogen) atoms. The molecule has 0 radical (unpaired) electrons. The molecule has 0 aliphatic heterocycles. The molecule has 5 heteroatoms. The summed E-state index contributed by atoms with van der Waals surface area (Å²) >= 11 is 3.41. The largest absolute Gasteiger partial charge is 0.323 e. The molecular formula is C8H7BrN4. The smallest absolute Gasteiger partial charge is 0.138 e. The maximum absolute atomic E-state index is 5.05. The number of nitrogens with two attached hydrogens (primary N) is 1. The van der Waals surface area contributed by atoms with Crippen molar-refractivity contribution in [1.82, 2.24) is 9.38 Å². The summed E-state index contributed by atoms with van der Waals surface area (Å²) in [7, 11) is 0. The minimum Gasteiger partial charge on any atom is -0.323 e. The van der Waals surface area contributed by atoms with E-state index in [1.807, 2.05) is 28.8 Å². The van der Waals surface area contributed by atoms with Gasteiger partial charge in [0.1, 0.15) is 15.9 Å². The van der Waals surface area contributed by atoms with Crippen LogP contribution in [0, 0.1) is 0 Å². The van der Waals surface area contributed by atoms with Gasteiger partial charge in [-0.3, -0.25) is 4.40 Å². The van der Waals surface area contributed by atoms with Crippen molar-refractivity contribution >= 4 is 27.8 Å². The lowest BCUT2D eigenvalue weighted by atomic mass is 10.5. The summed E-state index contributed by atoms with van der Waals surface area (Å²) in [5.74, 6) is 5.05. The van der Waals surface area contributed by atoms with Crippen LogP contribution in [0.3, 0.4) is 0 Å². The first-order valence-corrected chi connectivity index (χ1v) is 4.48. The van der Waals surface area contributed by atoms with Crippen LogP contribution in [-0.4, -0.2) is 15.6 Å². The topological polar surface area (TPSA) is 55.7 Å². The Bertz CT molecular complexity index is 460. The van der Waals surface area contributed by atoms with E-state index in [2.05, 4.69) is 26.0 Å². The molecule has 0 unspecified atom stereocenters. The second-order valence-corrected chi connectivity index (χ2v) is 3.25. The van der Waals surface area contributed by atoms with Crippen LogP contribution in [-0.2, 0) is 0 Å². The lowest BCUT2D eigenvalue weighted by Gasteiger charge is -1.91. The Kier molecular flexibility index (Phi) is 2.02. The van der Waals surface area contributed by atoms with Crippen molar-refractivity contribution in [2.24, 2.45) is 10.9 Å². The van der Waals surface area contributed by atoms with Crippen LogP contribution < -0.4 is 5.84 Å². The first-order chi connectivity index (χ1) is 6.33. The van der Waals surface area contributed by atoms with Gasteiger partial charge in [-0.15, -0.1) is 0 Å². The molecule has 2 aromatic rings. The van der Waals surface area contributed by atoms with E-state index < -0.39 is 0 Å². The average Bonchev–Trinajstić information content (AvgIpc) is 2.46. The van der Waals surface area contributed by atoms with Crippen LogP contribution in [0.5, 0.6) is 0 Å². The second kappa shape index (κ2) is 3.18. The molecule has 0 bridgehead atoms. The summed E-state index contributed by atoms with van der Waals surface area (Å²) in [4.78, 5) is 4.29. The Morgan fingerprint density at radius 1 is 1.54 bits per heavy atom. The fraction of sp³-hybridized carbons (Fsp3) is 0. The van der Waals surface area contributed by atoms with E-state index >= 15 is 0 Å². The van der Waals surface area contributed by atoms with Gasteiger partial charge in [-0.2, -0.15) is 5.10 Å². The number of fused-ring (bicyclic) bond motifs is 1. The van der Waals surface area contributed by atoms with Crippen LogP contribution in [0.15, 0.2) is 34.1 Å². The fourth-order valence-electron chi connectivity index (χ4n) is 1.14. The molecule has 0 aromatic carbocycles. The van der Waals surface area contributed by atoms with Crippen LogP contribution in [0.2, 0.25) is 0 Å². The highest BCUT2D eigenvalue weighted by atomic mass is 79.9. The summed E-state index contributed by atoms with van der Waals surface area (Å²) < 4.78 is 2.77. The van der Waals surface area contributed by atoms with Gasteiger partial charge < -0.3 is 5.84 Å². The van der Waals surface area contributed by atoms with Crippen molar-refractivity contribution in [3.05, 3.63) is 34.7 Å². The van der Waals surface area contributed by atoms with Gasteiger partial charge in [-0.25, -0.2) is 4.98 Å². The lowest BCUT2D eigenvalue weighted by molar-refractivity contribution is 1.15. The Morgan fingerprint density at radius 2 is 2.38 bits per heavy atom. The summed E-state index contributed by atoms with van der Waals surface area (Å²) in [5, 5.41) is 3.43. The van der Waals surface area contributed by atoms with Gasteiger partial charge in [0.25, 0.3) is 0 Å². The predicted molar refractivity (Wildman–Crippen MR) is 54.7 cm³/mol. The number of aromatic nitrogens is 2. The third-order valence-electron chi connectivity index (χ3n) is 1.69. The Labute approximate surface area is 83.2 Å². The number of halogens is 1. The van der Waals surface area contributed by atoms with E-state index in [-0.39, 0.29) is 0 Å². The third kappa shape index (κ3) is 1.31. The van der Waals surface area contributed by atoms with E-state index in [1.54, 1.807) is 0 Å². The van der Waals surface area contributed by atoms with Gasteiger partial charge in [-0.1, -0.05) is 6.07 Å². The van der Waals surface area contributed by atoms with Crippen molar-refractivity contribution in [3.63, 3.8) is 0 Å². The van der Waals surface area contributed by atoms with Gasteiger partial charge in [0, 0.05) is 6.20 Å². The van der Waals surface area contributed by atoms with Crippen LogP contribution >= 0.6 is 15.9 Å². The van der Waals surface area contributed by atoms with E-state index in [4.69, 9.17) is 5.84 Å². The quantitative estimate of drug-likeness (QED) is 0.464. The number of rotatable bonds is 1. The molecule has 4 nitrogen and oxygen atoms in total. The minimum atomic E-state index is 0.730. The molecule has 0 fully saturated rings. The zero-order chi connectivity index (χ0) is 9.26. The molecule has 0 saturated heterocycles. The Balaban J connectivity index is 2.73. The number of hydrazone groups is 1. The highest BCUT2D eigenvalue weighted by molar-refractivity contribution is 9.10. The first-order valence-electron chi connectivity index (χ1n) is 3.69. The van der Waals surface area contributed by atoms with E-state index in [9.17, 15) is 0 Å². The van der Waals surface area contributed by atoms with Crippen LogP contribution in [0.1, 0.15) is 5.69 Å². The number of hydrogen-bond donors (Lipinski definition) is 1. The van der Waals surface area contributed by atoms with Crippen molar-refractivity contribution in [3.8, 4) is 0 Å². The molecule has 2 heterocycles. The van der Waals surface area contributed by atoms with E-state index in [1.165, 1.54) is 6.21 Å². The van der Waals surface area contributed by atoms with Gasteiger partial charge >= 0.3 is 0 Å². The number of imidazole rings is 1. The Morgan fingerprint density at radius 3 is 3.08 bits per heavy atom. The van der Waals surface area contributed by atoms with Crippen LogP contribution in [0.4, 0.5) is 0 Å². The predicted octanol–water partition coefficient (Wildman–Crippen LogP) is 1.39. The molecule has 0 spiro atoms. The Hall–Kier alpha value is -1.36. The highest BCUT2D eigenvalue weighted by Gasteiger charge is 2.05. The zero-order valence-electron chi connectivity index (χ0n) is 6.68. The molecule has 0 amide bonds. The molecule has 0 aliphatic carbocycles. The molecular weight excluding hydrogens is 232 g/mol. The molecule has 2 N–H and O–H groups in total. The van der Waals surface area contributed by atoms with Crippen molar-refractivity contribution < 1.29 is 0 Å². The van der Waals surface area contributed by atoms with Gasteiger partial charge in [-0.05, 0) is 28.1 Å². The molecule has 0 atom stereocenters. The highest BCUT2D eigenvalue weighted by Crippen LogP contribution is 2.16. The maximum Gasteiger partial charge on any atom is 0.138 e. The number of pyridine rings is 1. The third-order valence-corrected chi connectivity index (χ3v) is 2.48. The minimum absolute atomic E-state index is 0.730. The number of nitrogens with zero attached hydrogens (tertiary/aromatic N) is 3. The van der Waals surface area contributed by atoms with Crippen molar-refractivity contribution in [2.75, 3.05) is 0 Å². The monoisotopic (exact) mass is 238 g/mol. The van der Waals surface area contributed by atoms with E-state index in [0.717, 1.165) is 15.9 Å². The van der Waals surface area contributed by atoms with Gasteiger partial charge in [0.05, 0.1) is 6.21 Å². The van der Waals surface area contributed by atoms with E-state index in [0.29, 0.717) is 0 Å². The molecule has 0 aliphatic rings. The van der Waals surface area contributed by atoms with Crippen LogP contribution in [0.25, 0.3) is 5.65 Å². The standard InChI is InChI=1S/C8H7BrN4/c9-8-6(5-11-10)12-7-3-1-2-4-13(7)8/h1-5H,10H2/b11-5+. The lowest BCUT2D eigenvalue weighted by Crippen LogP contribution is -1.87. The summed E-state index contributed by atoms with van der Waals surface area (Å²) in [6.45, 7) is 0. The maximum atomic E-state index is 5.05. The summed E-state index contributed by atoms with van der Waals surface area (Å²) in [6, 6.07) is 5.78. The van der Waals surface area contributed by atoms with Crippen molar-refractivity contribution in [1.29, 1.82) is 0 Å². The summed E-state index contributed by atoms with van der Waals surface area (Å²) in [5.41, 5.74) is 1.60. The molecule has 2 aromatic heterocycles. The first kappa shape index (κ1) is 8.25. The second-order valence-electron chi connectivity index (χ2n) is 2.49. The molecule has 0 saturated carbocycles. The summed E-state index contributed by atoms with van der Waals surface area (Å²) in [6.07, 6.45) is 3.43. The normalized spacial score (nSPS) is 11.5. The molecule has 2 rings (SSSR count). The van der Waals surface area contributed by atoms with Gasteiger partial charge in [0.2, 0.25) is 0 Å². The number of hydrogen-bond acceptors (Lipinski definition) is 3.